The van der Waals surface area contributed by atoms with E-state index in [-0.39, 0.29) is 30.2 Å². The van der Waals surface area contributed by atoms with Gasteiger partial charge in [0.05, 0.1) is 0 Å². The monoisotopic (exact) mass is 339 g/mol. The summed E-state index contributed by atoms with van der Waals surface area (Å²) in [6, 6.07) is 0. The van der Waals surface area contributed by atoms with E-state index in [4.69, 9.17) is 14.5 Å². The zero-order valence-electron chi connectivity index (χ0n) is 14.4. The van der Waals surface area contributed by atoms with Gasteiger partial charge in [-0.15, -0.1) is 0 Å². The van der Waals surface area contributed by atoms with Gasteiger partial charge in [-0.2, -0.15) is 0 Å². The standard InChI is InChI=1S/C17H25NO6/c1-9-4-5-12-10(2)14(21)18(8-13(19)20)15-17(12)11(9)6-7-16(3,22-15)23-24-17/h9-12,15H,4-8H2,1-3H3,(H,19,20)/t9-,10-,11?,12?,15?,16+,17-/m1/s1. The van der Waals surface area contributed by atoms with E-state index in [0.29, 0.717) is 12.3 Å². The number of hydrogen-bond donors (Lipinski definition) is 1. The second-order valence-electron chi connectivity index (χ2n) is 8.08. The molecule has 0 aromatic rings. The Morgan fingerprint density at radius 1 is 1.25 bits per heavy atom. The Balaban J connectivity index is 1.85. The van der Waals surface area contributed by atoms with Gasteiger partial charge in [0.25, 0.3) is 0 Å². The van der Waals surface area contributed by atoms with Gasteiger partial charge in [-0.05, 0) is 38.0 Å². The number of carbonyl (C=O) groups excluding carboxylic acids is 1. The molecule has 2 bridgehead atoms. The van der Waals surface area contributed by atoms with Gasteiger partial charge in [-0.1, -0.05) is 13.8 Å². The van der Waals surface area contributed by atoms with Crippen molar-refractivity contribution >= 4 is 11.9 Å². The Hall–Kier alpha value is -1.18. The van der Waals surface area contributed by atoms with Gasteiger partial charge in [0, 0.05) is 18.3 Å². The molecule has 7 heteroatoms. The summed E-state index contributed by atoms with van der Waals surface area (Å²) in [5.41, 5.74) is -0.767. The molecular weight excluding hydrogens is 314 g/mol. The number of likely N-dealkylation sites (tertiary alicyclic amines) is 1. The molecular formula is C17H25NO6. The van der Waals surface area contributed by atoms with E-state index in [9.17, 15) is 14.7 Å². The van der Waals surface area contributed by atoms with Gasteiger partial charge in [-0.25, -0.2) is 9.78 Å². The second kappa shape index (κ2) is 5.16. The smallest absolute Gasteiger partial charge is 0.323 e. The highest BCUT2D eigenvalue weighted by Gasteiger charge is 2.70. The largest absolute Gasteiger partial charge is 0.480 e. The van der Waals surface area contributed by atoms with Crippen LogP contribution >= 0.6 is 0 Å². The van der Waals surface area contributed by atoms with Crippen LogP contribution in [0.25, 0.3) is 0 Å². The molecule has 1 spiro atoms. The van der Waals surface area contributed by atoms with Crippen LogP contribution in [-0.2, 0) is 24.1 Å². The van der Waals surface area contributed by atoms with E-state index in [1.165, 1.54) is 4.90 Å². The summed E-state index contributed by atoms with van der Waals surface area (Å²) in [7, 11) is 0. The molecule has 1 N–H and O–H groups in total. The molecule has 7 atom stereocenters. The lowest BCUT2D eigenvalue weighted by Crippen LogP contribution is -2.75. The molecule has 4 saturated heterocycles. The van der Waals surface area contributed by atoms with Crippen molar-refractivity contribution in [2.45, 2.75) is 64.1 Å². The minimum Gasteiger partial charge on any atom is -0.480 e. The predicted molar refractivity (Wildman–Crippen MR) is 81.3 cm³/mol. The van der Waals surface area contributed by atoms with Crippen molar-refractivity contribution in [3.05, 3.63) is 0 Å². The maximum absolute atomic E-state index is 12.9. The molecule has 3 unspecified atom stereocenters. The van der Waals surface area contributed by atoms with Gasteiger partial charge >= 0.3 is 5.97 Å². The number of fused-ring (bicyclic) bond motifs is 2. The average Bonchev–Trinajstić information content (AvgIpc) is 2.76. The fraction of sp³-hybridized carbons (Fsp3) is 0.882. The molecule has 5 fully saturated rings. The van der Waals surface area contributed by atoms with Crippen LogP contribution in [0.3, 0.4) is 0 Å². The van der Waals surface area contributed by atoms with Crippen LogP contribution in [0.15, 0.2) is 0 Å². The zero-order valence-corrected chi connectivity index (χ0v) is 14.4. The van der Waals surface area contributed by atoms with Crippen molar-refractivity contribution in [3.63, 3.8) is 0 Å². The first-order valence-corrected chi connectivity index (χ1v) is 8.85. The van der Waals surface area contributed by atoms with Crippen molar-refractivity contribution in [1.29, 1.82) is 0 Å². The zero-order chi connectivity index (χ0) is 17.3. The summed E-state index contributed by atoms with van der Waals surface area (Å²) in [6.45, 7) is 5.52. The number of rotatable bonds is 2. The Kier molecular flexibility index (Phi) is 3.50. The minimum absolute atomic E-state index is 0.0103. The van der Waals surface area contributed by atoms with Crippen LogP contribution in [0.1, 0.15) is 46.5 Å². The first-order chi connectivity index (χ1) is 11.3. The normalized spacial score (nSPS) is 50.4. The van der Waals surface area contributed by atoms with E-state index < -0.39 is 23.6 Å². The fourth-order valence-electron chi connectivity index (χ4n) is 5.46. The van der Waals surface area contributed by atoms with Gasteiger partial charge < -0.3 is 14.7 Å². The molecule has 0 radical (unpaired) electrons. The number of carboxylic acids is 1. The van der Waals surface area contributed by atoms with Crippen molar-refractivity contribution in [1.82, 2.24) is 4.90 Å². The first-order valence-electron chi connectivity index (χ1n) is 8.85. The molecule has 4 aliphatic heterocycles. The Morgan fingerprint density at radius 2 is 2.00 bits per heavy atom. The van der Waals surface area contributed by atoms with Gasteiger partial charge in [-0.3, -0.25) is 9.59 Å². The van der Waals surface area contributed by atoms with Crippen molar-refractivity contribution in [2.75, 3.05) is 6.54 Å². The van der Waals surface area contributed by atoms with Gasteiger partial charge in [0.2, 0.25) is 11.7 Å². The summed E-state index contributed by atoms with van der Waals surface area (Å²) in [5, 5.41) is 9.30. The average molecular weight is 339 g/mol. The number of nitrogens with zero attached hydrogens (tertiary/aromatic N) is 1. The van der Waals surface area contributed by atoms with E-state index >= 15 is 0 Å². The SMILES string of the molecule is C[C@@H]1CCC2[C@@H](C)C(=O)N(CC(=O)O)C3O[C@]4(C)CCC1[C@@]23OO4. The molecule has 24 heavy (non-hydrogen) atoms. The Morgan fingerprint density at radius 3 is 2.71 bits per heavy atom. The number of aliphatic carboxylic acids is 1. The van der Waals surface area contributed by atoms with Crippen LogP contribution in [0.4, 0.5) is 0 Å². The first kappa shape index (κ1) is 16.3. The number of ether oxygens (including phenoxy) is 1. The second-order valence-corrected chi connectivity index (χ2v) is 8.08. The third-order valence-corrected chi connectivity index (χ3v) is 6.66. The molecule has 0 aromatic heterocycles. The Bertz CT molecular complexity index is 581. The summed E-state index contributed by atoms with van der Waals surface area (Å²) in [4.78, 5) is 37.3. The number of carboxylic acid groups (broad SMARTS) is 1. The predicted octanol–water partition coefficient (Wildman–Crippen LogP) is 1.76. The van der Waals surface area contributed by atoms with Crippen molar-refractivity contribution in [3.8, 4) is 0 Å². The quantitative estimate of drug-likeness (QED) is 0.772. The highest BCUT2D eigenvalue weighted by atomic mass is 17.3. The highest BCUT2D eigenvalue weighted by molar-refractivity contribution is 5.84. The van der Waals surface area contributed by atoms with Crippen molar-refractivity contribution in [2.24, 2.45) is 23.7 Å². The molecule has 1 amide bonds. The molecule has 5 rings (SSSR count). The number of piperidine rings is 1. The number of carbonyl (C=O) groups is 2. The number of hydrogen-bond acceptors (Lipinski definition) is 5. The van der Waals surface area contributed by atoms with Crippen LogP contribution in [-0.4, -0.2) is 46.0 Å². The van der Waals surface area contributed by atoms with Crippen LogP contribution < -0.4 is 0 Å². The number of amides is 1. The van der Waals surface area contributed by atoms with Gasteiger partial charge in [0.15, 0.2) is 11.8 Å². The van der Waals surface area contributed by atoms with Gasteiger partial charge in [0.1, 0.15) is 6.54 Å². The third-order valence-electron chi connectivity index (χ3n) is 6.66. The summed E-state index contributed by atoms with van der Waals surface area (Å²) >= 11 is 0. The molecule has 0 aromatic carbocycles. The summed E-state index contributed by atoms with van der Waals surface area (Å²) < 4.78 is 6.20. The minimum atomic E-state index is -1.04. The van der Waals surface area contributed by atoms with E-state index in [1.807, 2.05) is 6.92 Å². The maximum atomic E-state index is 12.9. The van der Waals surface area contributed by atoms with Crippen LogP contribution in [0, 0.1) is 23.7 Å². The lowest BCUT2D eigenvalue weighted by molar-refractivity contribution is -0.547. The van der Waals surface area contributed by atoms with Crippen LogP contribution in [0.2, 0.25) is 0 Å². The fourth-order valence-corrected chi connectivity index (χ4v) is 5.46. The van der Waals surface area contributed by atoms with Crippen molar-refractivity contribution < 1.29 is 29.2 Å². The molecule has 5 aliphatic rings. The third kappa shape index (κ3) is 2.01. The molecule has 134 valence electrons. The molecule has 1 aliphatic carbocycles. The van der Waals surface area contributed by atoms with E-state index in [1.54, 1.807) is 6.92 Å². The summed E-state index contributed by atoms with van der Waals surface area (Å²) in [6.07, 6.45) is 2.78. The molecule has 4 heterocycles. The molecule has 1 saturated carbocycles. The highest BCUT2D eigenvalue weighted by Crippen LogP contribution is 2.60. The molecule has 7 nitrogen and oxygen atoms in total. The Labute approximate surface area is 141 Å². The van der Waals surface area contributed by atoms with E-state index in [0.717, 1.165) is 19.3 Å². The maximum Gasteiger partial charge on any atom is 0.323 e. The summed E-state index contributed by atoms with van der Waals surface area (Å²) in [5.74, 6) is -1.84. The van der Waals surface area contributed by atoms with E-state index in [2.05, 4.69) is 6.92 Å². The lowest BCUT2D eigenvalue weighted by atomic mass is 9.57. The van der Waals surface area contributed by atoms with Crippen LogP contribution in [0.5, 0.6) is 0 Å². The topological polar surface area (TPSA) is 85.3 Å². The lowest BCUT2D eigenvalue weighted by Gasteiger charge is -2.61.